The Hall–Kier alpha value is -1.35. The van der Waals surface area contributed by atoms with Crippen molar-refractivity contribution in [3.05, 3.63) is 35.4 Å². The van der Waals surface area contributed by atoms with E-state index in [0.29, 0.717) is 13.0 Å². The van der Waals surface area contributed by atoms with Crippen molar-refractivity contribution < 1.29 is 14.6 Å². The van der Waals surface area contributed by atoms with Crippen molar-refractivity contribution in [2.45, 2.75) is 19.4 Å². The molecule has 0 saturated carbocycles. The molecule has 0 amide bonds. The molecule has 15 heavy (non-hydrogen) atoms. The smallest absolute Gasteiger partial charge is 0.335 e. The summed E-state index contributed by atoms with van der Waals surface area (Å²) in [6, 6.07) is 8.09. The highest BCUT2D eigenvalue weighted by Crippen LogP contribution is 2.20. The molecule has 0 radical (unpaired) electrons. The number of hydrogen-bond acceptors (Lipinski definition) is 3. The Labute approximate surface area is 88.7 Å². The van der Waals surface area contributed by atoms with Crippen LogP contribution in [0.1, 0.15) is 11.1 Å². The third-order valence-corrected chi connectivity index (χ3v) is 2.75. The molecular formula is C12H14O3. The van der Waals surface area contributed by atoms with E-state index >= 15 is 0 Å². The lowest BCUT2D eigenvalue weighted by molar-refractivity contribution is -0.144. The number of aliphatic hydroxyl groups is 1. The Bertz CT molecular complexity index is 356. The van der Waals surface area contributed by atoms with Crippen molar-refractivity contribution >= 4 is 5.97 Å². The van der Waals surface area contributed by atoms with Gasteiger partial charge in [0.1, 0.15) is 0 Å². The highest BCUT2D eigenvalue weighted by Gasteiger charge is 2.34. The molecule has 1 aromatic rings. The molecule has 1 aliphatic rings. The van der Waals surface area contributed by atoms with E-state index in [9.17, 15) is 9.90 Å². The van der Waals surface area contributed by atoms with Gasteiger partial charge in [-0.25, -0.2) is 4.79 Å². The third-order valence-electron chi connectivity index (χ3n) is 2.75. The van der Waals surface area contributed by atoms with E-state index in [1.807, 2.05) is 31.2 Å². The van der Waals surface area contributed by atoms with Crippen molar-refractivity contribution in [3.63, 3.8) is 0 Å². The Balaban J connectivity index is 2.03. The minimum atomic E-state index is -0.952. The monoisotopic (exact) mass is 206 g/mol. The number of carbonyl (C=O) groups is 1. The van der Waals surface area contributed by atoms with Crippen LogP contribution in [0.4, 0.5) is 0 Å². The summed E-state index contributed by atoms with van der Waals surface area (Å²) < 4.78 is 4.78. The van der Waals surface area contributed by atoms with Gasteiger partial charge in [0.2, 0.25) is 0 Å². The van der Waals surface area contributed by atoms with Gasteiger partial charge in [0.25, 0.3) is 0 Å². The molecular weight excluding hydrogens is 192 g/mol. The molecule has 1 heterocycles. The first kappa shape index (κ1) is 10.2. The van der Waals surface area contributed by atoms with Gasteiger partial charge in [-0.15, -0.1) is 0 Å². The van der Waals surface area contributed by atoms with Crippen LogP contribution in [0.15, 0.2) is 24.3 Å². The largest absolute Gasteiger partial charge is 0.463 e. The molecule has 0 spiro atoms. The molecule has 1 saturated heterocycles. The predicted octanol–water partition coefficient (Wildman–Crippen LogP) is 1.07. The third kappa shape index (κ3) is 2.18. The Morgan fingerprint density at radius 3 is 2.60 bits per heavy atom. The number of esters is 1. The van der Waals surface area contributed by atoms with Crippen molar-refractivity contribution in [1.29, 1.82) is 0 Å². The fraction of sp³-hybridized carbons (Fsp3) is 0.417. The number of aryl methyl sites for hydroxylation is 1. The van der Waals surface area contributed by atoms with Crippen molar-refractivity contribution in [2.24, 2.45) is 5.92 Å². The lowest BCUT2D eigenvalue weighted by Crippen LogP contribution is -2.23. The number of rotatable bonds is 2. The quantitative estimate of drug-likeness (QED) is 0.736. The average Bonchev–Trinajstić information content (AvgIpc) is 2.53. The molecule has 80 valence electrons. The van der Waals surface area contributed by atoms with Gasteiger partial charge in [-0.1, -0.05) is 29.8 Å². The molecule has 0 bridgehead atoms. The summed E-state index contributed by atoms with van der Waals surface area (Å²) in [5, 5.41) is 9.50. The zero-order chi connectivity index (χ0) is 10.8. The molecule has 3 nitrogen and oxygen atoms in total. The van der Waals surface area contributed by atoms with Gasteiger partial charge in [0.05, 0.1) is 6.61 Å². The van der Waals surface area contributed by atoms with Gasteiger partial charge in [-0.2, -0.15) is 0 Å². The Morgan fingerprint density at radius 1 is 1.40 bits per heavy atom. The number of aliphatic hydroxyl groups excluding tert-OH is 1. The zero-order valence-electron chi connectivity index (χ0n) is 8.64. The van der Waals surface area contributed by atoms with Crippen LogP contribution >= 0.6 is 0 Å². The van der Waals surface area contributed by atoms with Crippen LogP contribution in [-0.2, 0) is 16.0 Å². The maximum absolute atomic E-state index is 11.0. The van der Waals surface area contributed by atoms with Gasteiger partial charge >= 0.3 is 5.97 Å². The van der Waals surface area contributed by atoms with Gasteiger partial charge in [0, 0.05) is 5.92 Å². The molecule has 1 aromatic carbocycles. The van der Waals surface area contributed by atoms with E-state index in [4.69, 9.17) is 4.74 Å². The highest BCUT2D eigenvalue weighted by atomic mass is 16.6. The molecule has 2 unspecified atom stereocenters. The summed E-state index contributed by atoms with van der Waals surface area (Å²) in [6.07, 6.45) is -0.265. The lowest BCUT2D eigenvalue weighted by atomic mass is 9.96. The number of cyclic esters (lactones) is 1. The van der Waals surface area contributed by atoms with Crippen LogP contribution in [0, 0.1) is 12.8 Å². The molecule has 1 aliphatic heterocycles. The van der Waals surface area contributed by atoms with Crippen LogP contribution in [0.25, 0.3) is 0 Å². The van der Waals surface area contributed by atoms with Crippen molar-refractivity contribution in [3.8, 4) is 0 Å². The van der Waals surface area contributed by atoms with Crippen molar-refractivity contribution in [2.75, 3.05) is 6.61 Å². The van der Waals surface area contributed by atoms with E-state index in [1.165, 1.54) is 5.56 Å². The number of ether oxygens (including phenoxy) is 1. The van der Waals surface area contributed by atoms with Gasteiger partial charge in [0.15, 0.2) is 6.10 Å². The lowest BCUT2D eigenvalue weighted by Gasteiger charge is -2.09. The van der Waals surface area contributed by atoms with Gasteiger partial charge < -0.3 is 9.84 Å². The van der Waals surface area contributed by atoms with E-state index < -0.39 is 12.1 Å². The first-order chi connectivity index (χ1) is 7.16. The summed E-state index contributed by atoms with van der Waals surface area (Å²) in [5.74, 6) is -0.590. The maximum Gasteiger partial charge on any atom is 0.335 e. The van der Waals surface area contributed by atoms with Gasteiger partial charge in [-0.3, -0.25) is 0 Å². The SMILES string of the molecule is Cc1ccc(CC2COC(=O)C2O)cc1. The fourth-order valence-electron chi connectivity index (χ4n) is 1.76. The van der Waals surface area contributed by atoms with Crippen molar-refractivity contribution in [1.82, 2.24) is 0 Å². The Morgan fingerprint density at radius 2 is 2.07 bits per heavy atom. The maximum atomic E-state index is 11.0. The summed E-state index contributed by atoms with van der Waals surface area (Å²) in [6.45, 7) is 2.36. The van der Waals surface area contributed by atoms with Crippen LogP contribution in [0.2, 0.25) is 0 Å². The molecule has 3 heteroatoms. The van der Waals surface area contributed by atoms with E-state index in [0.717, 1.165) is 5.56 Å². The molecule has 0 aliphatic carbocycles. The van der Waals surface area contributed by atoms with Gasteiger partial charge in [-0.05, 0) is 18.9 Å². The predicted molar refractivity (Wildman–Crippen MR) is 55.3 cm³/mol. The molecule has 0 aromatic heterocycles. The number of benzene rings is 1. The topological polar surface area (TPSA) is 46.5 Å². The second-order valence-electron chi connectivity index (χ2n) is 4.02. The van der Waals surface area contributed by atoms with Crippen LogP contribution in [0.5, 0.6) is 0 Å². The summed E-state index contributed by atoms with van der Waals surface area (Å²) in [4.78, 5) is 11.0. The van der Waals surface area contributed by atoms with Crippen LogP contribution in [-0.4, -0.2) is 23.8 Å². The van der Waals surface area contributed by atoms with Crippen LogP contribution < -0.4 is 0 Å². The zero-order valence-corrected chi connectivity index (χ0v) is 8.64. The normalized spacial score (nSPS) is 25.3. The highest BCUT2D eigenvalue weighted by molar-refractivity contribution is 5.76. The molecule has 1 fully saturated rings. The molecule has 2 rings (SSSR count). The number of carbonyl (C=O) groups excluding carboxylic acids is 1. The minimum Gasteiger partial charge on any atom is -0.463 e. The summed E-state index contributed by atoms with van der Waals surface area (Å²) in [5.41, 5.74) is 2.33. The molecule has 1 N–H and O–H groups in total. The standard InChI is InChI=1S/C12H14O3/c1-8-2-4-9(5-3-8)6-10-7-15-12(14)11(10)13/h2-5,10-11,13H,6-7H2,1H3. The first-order valence-electron chi connectivity index (χ1n) is 5.07. The Kier molecular flexibility index (Phi) is 2.73. The van der Waals surface area contributed by atoms with E-state index in [1.54, 1.807) is 0 Å². The number of hydrogen-bond donors (Lipinski definition) is 1. The fourth-order valence-corrected chi connectivity index (χ4v) is 1.76. The van der Waals surface area contributed by atoms with E-state index in [-0.39, 0.29) is 5.92 Å². The molecule has 2 atom stereocenters. The second kappa shape index (κ2) is 4.03. The minimum absolute atomic E-state index is 0.0970. The van der Waals surface area contributed by atoms with E-state index in [2.05, 4.69) is 0 Å². The average molecular weight is 206 g/mol. The summed E-state index contributed by atoms with van der Waals surface area (Å²) >= 11 is 0. The second-order valence-corrected chi connectivity index (χ2v) is 4.02. The summed E-state index contributed by atoms with van der Waals surface area (Å²) in [7, 11) is 0. The first-order valence-corrected chi connectivity index (χ1v) is 5.07. The van der Waals surface area contributed by atoms with Crippen LogP contribution in [0.3, 0.4) is 0 Å².